The van der Waals surface area contributed by atoms with Crippen molar-refractivity contribution in [2.24, 2.45) is 0 Å². The zero-order valence-electron chi connectivity index (χ0n) is 13.5. The Hall–Kier alpha value is -2.51. The molecule has 2 heterocycles. The number of hydrogen-bond donors (Lipinski definition) is 0. The molecule has 25 heavy (non-hydrogen) atoms. The number of carbonyl (C=O) groups is 1. The molecule has 1 atom stereocenters. The Morgan fingerprint density at radius 2 is 2.20 bits per heavy atom. The number of benzene rings is 1. The van der Waals surface area contributed by atoms with Gasteiger partial charge in [-0.1, -0.05) is 11.6 Å². The lowest BCUT2D eigenvalue weighted by molar-refractivity contribution is -0.389. The fourth-order valence-corrected chi connectivity index (χ4v) is 3.15. The highest BCUT2D eigenvalue weighted by Gasteiger charge is 2.28. The number of nitro groups is 1. The first-order chi connectivity index (χ1) is 12.0. The van der Waals surface area contributed by atoms with E-state index in [1.807, 2.05) is 6.07 Å². The summed E-state index contributed by atoms with van der Waals surface area (Å²) in [6, 6.07) is 7.98. The van der Waals surface area contributed by atoms with Crippen LogP contribution in [0.25, 0.3) is 0 Å². The molecule has 0 saturated heterocycles. The van der Waals surface area contributed by atoms with Gasteiger partial charge in [-0.15, -0.1) is 0 Å². The number of methoxy groups -OCH3 is 1. The summed E-state index contributed by atoms with van der Waals surface area (Å²) in [6.45, 7) is 0.518. The molecule has 1 aromatic heterocycles. The van der Waals surface area contributed by atoms with Gasteiger partial charge in [0, 0.05) is 36.0 Å². The summed E-state index contributed by atoms with van der Waals surface area (Å²) in [5.41, 5.74) is 1.88. The standard InChI is InChI=1S/C17H16ClN3O4/c1-25-15-3-2-8-20(14-6-5-12(18)9-13(14)15)17(22)11-4-7-16(19-10-11)21(23)24/h4-7,9-10,15H,2-3,8H2,1H3. The highest BCUT2D eigenvalue weighted by atomic mass is 35.5. The molecule has 130 valence electrons. The zero-order valence-corrected chi connectivity index (χ0v) is 14.3. The lowest BCUT2D eigenvalue weighted by Crippen LogP contribution is -2.31. The van der Waals surface area contributed by atoms with Crippen LogP contribution in [0.2, 0.25) is 5.02 Å². The summed E-state index contributed by atoms with van der Waals surface area (Å²) in [4.78, 5) is 28.4. The summed E-state index contributed by atoms with van der Waals surface area (Å²) in [6.07, 6.45) is 2.62. The van der Waals surface area contributed by atoms with Gasteiger partial charge in [-0.25, -0.2) is 0 Å². The van der Waals surface area contributed by atoms with Gasteiger partial charge in [-0.2, -0.15) is 0 Å². The second-order valence-electron chi connectivity index (χ2n) is 5.69. The van der Waals surface area contributed by atoms with Crippen LogP contribution in [0.5, 0.6) is 0 Å². The first kappa shape index (κ1) is 17.3. The van der Waals surface area contributed by atoms with Crippen molar-refractivity contribution in [3.63, 3.8) is 0 Å². The summed E-state index contributed by atoms with van der Waals surface area (Å²) < 4.78 is 5.54. The van der Waals surface area contributed by atoms with Crippen LogP contribution in [0.15, 0.2) is 36.5 Å². The fourth-order valence-electron chi connectivity index (χ4n) is 2.97. The number of fused-ring (bicyclic) bond motifs is 1. The highest BCUT2D eigenvalue weighted by molar-refractivity contribution is 6.30. The average Bonchev–Trinajstić information content (AvgIpc) is 2.80. The molecule has 0 N–H and O–H groups in total. The van der Waals surface area contributed by atoms with Crippen molar-refractivity contribution < 1.29 is 14.5 Å². The number of aromatic nitrogens is 1. The normalized spacial score (nSPS) is 16.9. The van der Waals surface area contributed by atoms with Crippen molar-refractivity contribution >= 4 is 29.0 Å². The number of anilines is 1. The lowest BCUT2D eigenvalue weighted by Gasteiger charge is -2.23. The van der Waals surface area contributed by atoms with Gasteiger partial charge in [0.05, 0.1) is 11.7 Å². The van der Waals surface area contributed by atoms with Crippen molar-refractivity contribution in [2.75, 3.05) is 18.6 Å². The number of hydrogen-bond acceptors (Lipinski definition) is 5. The smallest absolute Gasteiger partial charge is 0.363 e. The van der Waals surface area contributed by atoms with E-state index in [4.69, 9.17) is 16.3 Å². The third-order valence-corrected chi connectivity index (χ3v) is 4.42. The second-order valence-corrected chi connectivity index (χ2v) is 6.13. The Labute approximate surface area is 149 Å². The van der Waals surface area contributed by atoms with Gasteiger partial charge in [0.2, 0.25) is 0 Å². The quantitative estimate of drug-likeness (QED) is 0.613. The minimum absolute atomic E-state index is 0.138. The van der Waals surface area contributed by atoms with Gasteiger partial charge in [-0.3, -0.25) is 4.79 Å². The van der Waals surface area contributed by atoms with E-state index >= 15 is 0 Å². The number of amides is 1. The van der Waals surface area contributed by atoms with Crippen LogP contribution in [-0.4, -0.2) is 29.5 Å². The zero-order chi connectivity index (χ0) is 18.0. The molecule has 3 rings (SSSR count). The van der Waals surface area contributed by atoms with E-state index in [2.05, 4.69) is 4.98 Å². The molecule has 2 aromatic rings. The van der Waals surface area contributed by atoms with Crippen molar-refractivity contribution in [3.8, 4) is 0 Å². The number of rotatable bonds is 3. The summed E-state index contributed by atoms with van der Waals surface area (Å²) >= 11 is 6.11. The molecule has 8 heteroatoms. The molecule has 0 spiro atoms. The van der Waals surface area contributed by atoms with E-state index in [0.29, 0.717) is 17.1 Å². The van der Waals surface area contributed by atoms with Gasteiger partial charge in [-0.05, 0) is 47.0 Å². The molecule has 1 aliphatic rings. The van der Waals surface area contributed by atoms with Crippen LogP contribution in [-0.2, 0) is 4.74 Å². The van der Waals surface area contributed by atoms with Crippen molar-refractivity contribution in [1.29, 1.82) is 0 Å². The molecular formula is C17H16ClN3O4. The minimum Gasteiger partial charge on any atom is -0.377 e. The van der Waals surface area contributed by atoms with Crippen LogP contribution in [0, 0.1) is 10.1 Å². The van der Waals surface area contributed by atoms with Crippen LogP contribution in [0.1, 0.15) is 34.9 Å². The van der Waals surface area contributed by atoms with E-state index in [0.717, 1.165) is 24.1 Å². The Morgan fingerprint density at radius 3 is 2.84 bits per heavy atom. The van der Waals surface area contributed by atoms with Gasteiger partial charge < -0.3 is 19.8 Å². The van der Waals surface area contributed by atoms with Gasteiger partial charge in [0.25, 0.3) is 5.91 Å². The molecule has 0 saturated carbocycles. The highest BCUT2D eigenvalue weighted by Crippen LogP contribution is 2.37. The SMILES string of the molecule is COC1CCCN(C(=O)c2ccc([N+](=O)[O-])nc2)c2ccc(Cl)cc21. The number of pyridine rings is 1. The molecule has 0 radical (unpaired) electrons. The van der Waals surface area contributed by atoms with Gasteiger partial charge >= 0.3 is 5.82 Å². The van der Waals surface area contributed by atoms with Crippen molar-refractivity contribution in [3.05, 3.63) is 62.8 Å². The maximum atomic E-state index is 12.9. The molecule has 1 amide bonds. The summed E-state index contributed by atoms with van der Waals surface area (Å²) in [7, 11) is 1.63. The van der Waals surface area contributed by atoms with E-state index in [9.17, 15) is 14.9 Å². The molecule has 1 unspecified atom stereocenters. The van der Waals surface area contributed by atoms with E-state index in [1.165, 1.54) is 18.3 Å². The maximum absolute atomic E-state index is 12.9. The molecular weight excluding hydrogens is 346 g/mol. The van der Waals surface area contributed by atoms with Crippen LogP contribution >= 0.6 is 11.6 Å². The average molecular weight is 362 g/mol. The molecule has 1 aromatic carbocycles. The first-order valence-corrected chi connectivity index (χ1v) is 8.13. The monoisotopic (exact) mass is 361 g/mol. The van der Waals surface area contributed by atoms with Crippen molar-refractivity contribution in [1.82, 2.24) is 4.98 Å². The molecule has 0 bridgehead atoms. The Balaban J connectivity index is 1.98. The van der Waals surface area contributed by atoms with Gasteiger partial charge in [0.1, 0.15) is 0 Å². The summed E-state index contributed by atoms with van der Waals surface area (Å²) in [5, 5.41) is 11.3. The maximum Gasteiger partial charge on any atom is 0.363 e. The summed E-state index contributed by atoms with van der Waals surface area (Å²) in [5.74, 6) is -0.554. The fraction of sp³-hybridized carbons (Fsp3) is 0.294. The number of halogens is 1. The first-order valence-electron chi connectivity index (χ1n) is 7.76. The van der Waals surface area contributed by atoms with Crippen LogP contribution in [0.4, 0.5) is 11.5 Å². The van der Waals surface area contributed by atoms with Crippen LogP contribution in [0.3, 0.4) is 0 Å². The van der Waals surface area contributed by atoms with Crippen molar-refractivity contribution in [2.45, 2.75) is 18.9 Å². The topological polar surface area (TPSA) is 85.6 Å². The minimum atomic E-state index is -0.597. The van der Waals surface area contributed by atoms with Gasteiger partial charge in [0.15, 0.2) is 6.20 Å². The van der Waals surface area contributed by atoms with E-state index in [-0.39, 0.29) is 17.8 Å². The third kappa shape index (κ3) is 3.47. The Morgan fingerprint density at radius 1 is 1.40 bits per heavy atom. The predicted octanol–water partition coefficient (Wildman–Crippen LogP) is 3.77. The molecule has 0 fully saturated rings. The molecule has 1 aliphatic heterocycles. The lowest BCUT2D eigenvalue weighted by atomic mass is 10.0. The Kier molecular flexibility index (Phi) is 4.96. The molecule has 0 aliphatic carbocycles. The Bertz CT molecular complexity index is 810. The third-order valence-electron chi connectivity index (χ3n) is 4.19. The predicted molar refractivity (Wildman–Crippen MR) is 93.0 cm³/mol. The largest absolute Gasteiger partial charge is 0.377 e. The number of ether oxygens (including phenoxy) is 1. The number of carbonyl (C=O) groups excluding carboxylic acids is 1. The molecule has 7 nitrogen and oxygen atoms in total. The number of nitrogens with zero attached hydrogens (tertiary/aromatic N) is 3. The second kappa shape index (κ2) is 7.16. The van der Waals surface area contributed by atoms with E-state index in [1.54, 1.807) is 24.1 Å². The van der Waals surface area contributed by atoms with E-state index < -0.39 is 4.92 Å². The van der Waals surface area contributed by atoms with Crippen LogP contribution < -0.4 is 4.90 Å².